The minimum Gasteiger partial charge on any atom is -0.451 e. The first-order chi connectivity index (χ1) is 11.1. The monoisotopic (exact) mass is 333 g/mol. The van der Waals surface area contributed by atoms with E-state index in [4.69, 9.17) is 20.8 Å². The van der Waals surface area contributed by atoms with Crippen LogP contribution in [0.4, 0.5) is 0 Å². The summed E-state index contributed by atoms with van der Waals surface area (Å²) in [7, 11) is 0. The Balaban J connectivity index is 1.72. The number of halogens is 1. The molecule has 0 unspecified atom stereocenters. The van der Waals surface area contributed by atoms with Crippen molar-refractivity contribution in [1.82, 2.24) is 4.90 Å². The van der Waals surface area contributed by atoms with E-state index in [9.17, 15) is 4.79 Å². The van der Waals surface area contributed by atoms with Crippen molar-refractivity contribution in [3.63, 3.8) is 0 Å². The minimum absolute atomic E-state index is 0.0609. The van der Waals surface area contributed by atoms with E-state index >= 15 is 0 Å². The van der Waals surface area contributed by atoms with Crippen molar-refractivity contribution in [3.8, 4) is 0 Å². The lowest BCUT2D eigenvalue weighted by molar-refractivity contribution is -0.0925. The largest absolute Gasteiger partial charge is 0.451 e. The summed E-state index contributed by atoms with van der Waals surface area (Å²) >= 11 is 6.07. The number of rotatable bonds is 1. The normalized spacial score (nSPS) is 20.5. The SMILES string of the molecule is Cc1c(C(=O)N2CCOC23CCCCC3)oc2ccc(Cl)cc12. The number of carbonyl (C=O) groups excluding carboxylic acids is 1. The third-order valence-electron chi connectivity index (χ3n) is 5.15. The fourth-order valence-electron chi connectivity index (χ4n) is 3.93. The Labute approximate surface area is 140 Å². The van der Waals surface area contributed by atoms with Crippen molar-refractivity contribution in [2.75, 3.05) is 13.2 Å². The van der Waals surface area contributed by atoms with Gasteiger partial charge < -0.3 is 14.1 Å². The van der Waals surface area contributed by atoms with E-state index in [0.29, 0.717) is 29.5 Å². The molecule has 0 N–H and O–H groups in total. The zero-order valence-corrected chi connectivity index (χ0v) is 14.0. The second-order valence-electron chi connectivity index (χ2n) is 6.51. The molecule has 0 bridgehead atoms. The molecule has 5 heteroatoms. The van der Waals surface area contributed by atoms with E-state index in [1.165, 1.54) is 6.42 Å². The Bertz CT molecular complexity index is 761. The number of benzene rings is 1. The molecule has 1 aliphatic carbocycles. The van der Waals surface area contributed by atoms with Gasteiger partial charge in [-0.2, -0.15) is 0 Å². The van der Waals surface area contributed by atoms with Crippen LogP contribution in [0.2, 0.25) is 5.02 Å². The van der Waals surface area contributed by atoms with Gasteiger partial charge >= 0.3 is 0 Å². The maximum absolute atomic E-state index is 13.1. The van der Waals surface area contributed by atoms with Gasteiger partial charge in [0, 0.05) is 22.5 Å². The van der Waals surface area contributed by atoms with E-state index in [1.54, 1.807) is 6.07 Å². The van der Waals surface area contributed by atoms with Crippen LogP contribution < -0.4 is 0 Å². The zero-order valence-electron chi connectivity index (χ0n) is 13.2. The quantitative estimate of drug-likeness (QED) is 0.770. The highest BCUT2D eigenvalue weighted by atomic mass is 35.5. The Morgan fingerprint density at radius 3 is 2.83 bits per heavy atom. The molecular formula is C18H20ClNO3. The Kier molecular flexibility index (Phi) is 3.62. The zero-order chi connectivity index (χ0) is 16.0. The van der Waals surface area contributed by atoms with Crippen molar-refractivity contribution in [2.45, 2.75) is 44.8 Å². The fourth-order valence-corrected chi connectivity index (χ4v) is 4.11. The van der Waals surface area contributed by atoms with Gasteiger partial charge in [0.05, 0.1) is 6.61 Å². The van der Waals surface area contributed by atoms with Crippen molar-refractivity contribution >= 4 is 28.5 Å². The van der Waals surface area contributed by atoms with Crippen molar-refractivity contribution < 1.29 is 13.9 Å². The maximum Gasteiger partial charge on any atom is 0.292 e. The average Bonchev–Trinajstić information content (AvgIpc) is 3.10. The summed E-state index contributed by atoms with van der Waals surface area (Å²) in [5.74, 6) is 0.354. The first-order valence-corrected chi connectivity index (χ1v) is 8.63. The first kappa shape index (κ1) is 15.0. The number of hydrogen-bond donors (Lipinski definition) is 0. The number of fused-ring (bicyclic) bond motifs is 1. The van der Waals surface area contributed by atoms with Crippen LogP contribution in [0.25, 0.3) is 11.0 Å². The van der Waals surface area contributed by atoms with Crippen LogP contribution in [0.5, 0.6) is 0 Å². The average molecular weight is 334 g/mol. The molecule has 1 aromatic heterocycles. The molecule has 4 nitrogen and oxygen atoms in total. The summed E-state index contributed by atoms with van der Waals surface area (Å²) in [5.41, 5.74) is 1.14. The second-order valence-corrected chi connectivity index (χ2v) is 6.95. The van der Waals surface area contributed by atoms with Crippen LogP contribution in [-0.4, -0.2) is 29.7 Å². The number of furan rings is 1. The number of carbonyl (C=O) groups is 1. The van der Waals surface area contributed by atoms with Gasteiger partial charge in [0.1, 0.15) is 11.3 Å². The summed E-state index contributed by atoms with van der Waals surface area (Å²) in [5, 5.41) is 1.55. The van der Waals surface area contributed by atoms with Gasteiger partial charge in [-0.05, 0) is 50.8 Å². The highest BCUT2D eigenvalue weighted by molar-refractivity contribution is 6.31. The topological polar surface area (TPSA) is 42.7 Å². The summed E-state index contributed by atoms with van der Waals surface area (Å²) in [6.07, 6.45) is 5.28. The molecule has 1 spiro atoms. The van der Waals surface area contributed by atoms with Crippen LogP contribution in [0, 0.1) is 6.92 Å². The summed E-state index contributed by atoms with van der Waals surface area (Å²) in [4.78, 5) is 15.0. The van der Waals surface area contributed by atoms with Crippen molar-refractivity contribution in [1.29, 1.82) is 0 Å². The van der Waals surface area contributed by atoms with E-state index < -0.39 is 5.72 Å². The van der Waals surface area contributed by atoms with E-state index in [2.05, 4.69) is 0 Å². The smallest absolute Gasteiger partial charge is 0.292 e. The van der Waals surface area contributed by atoms with E-state index in [0.717, 1.165) is 36.6 Å². The maximum atomic E-state index is 13.1. The molecule has 2 aromatic rings. The van der Waals surface area contributed by atoms with Crippen LogP contribution in [-0.2, 0) is 4.74 Å². The molecule has 23 heavy (non-hydrogen) atoms. The van der Waals surface area contributed by atoms with Gasteiger partial charge in [0.15, 0.2) is 5.76 Å². The van der Waals surface area contributed by atoms with Crippen LogP contribution in [0.3, 0.4) is 0 Å². The molecule has 2 fully saturated rings. The highest BCUT2D eigenvalue weighted by Gasteiger charge is 2.46. The molecule has 1 aromatic carbocycles. The lowest BCUT2D eigenvalue weighted by atomic mass is 9.90. The number of hydrogen-bond acceptors (Lipinski definition) is 3. The number of aryl methyl sites for hydroxylation is 1. The standard InChI is InChI=1S/C18H20ClNO3/c1-12-14-11-13(19)5-6-15(14)23-16(12)17(21)20-9-10-22-18(20)7-3-2-4-8-18/h5-6,11H,2-4,7-10H2,1H3. The van der Waals surface area contributed by atoms with Crippen LogP contribution in [0.15, 0.2) is 22.6 Å². The van der Waals surface area contributed by atoms with Gasteiger partial charge in [0.25, 0.3) is 5.91 Å². The molecule has 2 heterocycles. The third-order valence-corrected chi connectivity index (χ3v) is 5.39. The predicted octanol–water partition coefficient (Wildman–Crippen LogP) is 4.53. The molecule has 0 atom stereocenters. The summed E-state index contributed by atoms with van der Waals surface area (Å²) in [6.45, 7) is 3.16. The molecular weight excluding hydrogens is 314 g/mol. The number of ether oxygens (including phenoxy) is 1. The molecule has 1 aliphatic heterocycles. The molecule has 4 rings (SSSR count). The molecule has 2 aliphatic rings. The molecule has 122 valence electrons. The second kappa shape index (κ2) is 5.53. The summed E-state index contributed by atoms with van der Waals surface area (Å²) in [6, 6.07) is 5.45. The lowest BCUT2D eigenvalue weighted by Crippen LogP contribution is -2.49. The molecule has 1 amide bonds. The van der Waals surface area contributed by atoms with E-state index in [1.807, 2.05) is 24.0 Å². The van der Waals surface area contributed by atoms with Crippen LogP contribution in [0.1, 0.15) is 48.2 Å². The summed E-state index contributed by atoms with van der Waals surface area (Å²) < 4.78 is 11.9. The van der Waals surface area contributed by atoms with E-state index in [-0.39, 0.29) is 5.91 Å². The van der Waals surface area contributed by atoms with Crippen molar-refractivity contribution in [2.24, 2.45) is 0 Å². The first-order valence-electron chi connectivity index (χ1n) is 8.25. The Hall–Kier alpha value is -1.52. The third kappa shape index (κ3) is 2.36. The Morgan fingerprint density at radius 1 is 1.26 bits per heavy atom. The Morgan fingerprint density at radius 2 is 2.04 bits per heavy atom. The van der Waals surface area contributed by atoms with Gasteiger partial charge in [-0.3, -0.25) is 4.79 Å². The fraction of sp³-hybridized carbons (Fsp3) is 0.500. The van der Waals surface area contributed by atoms with Gasteiger partial charge in [-0.1, -0.05) is 18.0 Å². The van der Waals surface area contributed by atoms with Crippen LogP contribution >= 0.6 is 11.6 Å². The van der Waals surface area contributed by atoms with Gasteiger partial charge in [-0.25, -0.2) is 0 Å². The highest BCUT2D eigenvalue weighted by Crippen LogP contribution is 2.39. The van der Waals surface area contributed by atoms with Gasteiger partial charge in [-0.15, -0.1) is 0 Å². The van der Waals surface area contributed by atoms with Gasteiger partial charge in [0.2, 0.25) is 0 Å². The molecule has 1 saturated heterocycles. The molecule has 0 radical (unpaired) electrons. The number of nitrogens with zero attached hydrogens (tertiary/aromatic N) is 1. The minimum atomic E-state index is -0.418. The molecule has 1 saturated carbocycles. The van der Waals surface area contributed by atoms with Crippen molar-refractivity contribution in [3.05, 3.63) is 34.5 Å². The predicted molar refractivity (Wildman–Crippen MR) is 88.8 cm³/mol. The number of amides is 1. The lowest BCUT2D eigenvalue weighted by Gasteiger charge is -2.39.